The van der Waals surface area contributed by atoms with E-state index >= 15 is 0 Å². The highest BCUT2D eigenvalue weighted by Gasteiger charge is 2.20. The lowest BCUT2D eigenvalue weighted by atomic mass is 10.2. The first-order chi connectivity index (χ1) is 16.3. The second kappa shape index (κ2) is 10.3. The molecular formula is C20H22Cl2N10O2. The number of carbonyl (C=O) groups excluding carboxylic acids is 1. The first-order valence-electron chi connectivity index (χ1n) is 10.2. The van der Waals surface area contributed by atoms with Gasteiger partial charge in [-0.05, 0) is 27.1 Å². The monoisotopic (exact) mass is 504 g/mol. The Kier molecular flexibility index (Phi) is 7.22. The standard InChI is InChI=1S/C20H22Cl2N10O2/c1-12(34-7-6-30(2)3)18-15(11-23-17-9-16(22)29-31(17)18)28-20(33)27-13-8-14(21)19(24-10-13)32-25-4-5-26-32/h4-5,8-12H,6-7H2,1-3H3,(H2,27,28,33)/t12-/m0/s1. The lowest BCUT2D eigenvalue weighted by Crippen LogP contribution is -2.23. The number of rotatable bonds is 8. The van der Waals surface area contributed by atoms with Crippen molar-refractivity contribution in [1.82, 2.24) is 39.5 Å². The van der Waals surface area contributed by atoms with Gasteiger partial charge in [0.15, 0.2) is 16.6 Å². The summed E-state index contributed by atoms with van der Waals surface area (Å²) in [5, 5.41) is 18.3. The number of ether oxygens (including phenoxy) is 1. The van der Waals surface area contributed by atoms with E-state index in [1.165, 1.54) is 29.6 Å². The lowest BCUT2D eigenvalue weighted by molar-refractivity contribution is 0.0520. The molecule has 0 saturated heterocycles. The summed E-state index contributed by atoms with van der Waals surface area (Å²) in [4.78, 5) is 24.6. The third kappa shape index (κ3) is 5.42. The van der Waals surface area contributed by atoms with Gasteiger partial charge < -0.3 is 20.3 Å². The van der Waals surface area contributed by atoms with Crippen molar-refractivity contribution in [2.24, 2.45) is 0 Å². The van der Waals surface area contributed by atoms with Crippen LogP contribution >= 0.6 is 23.2 Å². The van der Waals surface area contributed by atoms with Crippen LogP contribution in [0.5, 0.6) is 0 Å². The Morgan fingerprint density at radius 1 is 1.15 bits per heavy atom. The van der Waals surface area contributed by atoms with Crippen molar-refractivity contribution in [3.8, 4) is 5.82 Å². The topological polar surface area (TPSA) is 127 Å². The van der Waals surface area contributed by atoms with Gasteiger partial charge in [0.05, 0.1) is 59.6 Å². The molecule has 0 aromatic carbocycles. The van der Waals surface area contributed by atoms with Crippen molar-refractivity contribution in [1.29, 1.82) is 0 Å². The molecule has 0 saturated carbocycles. The minimum atomic E-state index is -0.524. The van der Waals surface area contributed by atoms with Crippen LogP contribution in [0.15, 0.2) is 36.9 Å². The molecule has 12 nitrogen and oxygen atoms in total. The van der Waals surface area contributed by atoms with Gasteiger partial charge in [-0.25, -0.2) is 19.3 Å². The summed E-state index contributed by atoms with van der Waals surface area (Å²) in [6.45, 7) is 3.09. The number of hydrogen-bond acceptors (Lipinski definition) is 8. The quantitative estimate of drug-likeness (QED) is 0.374. The average molecular weight is 505 g/mol. The molecule has 0 aliphatic rings. The van der Waals surface area contributed by atoms with E-state index in [0.29, 0.717) is 35.1 Å². The summed E-state index contributed by atoms with van der Waals surface area (Å²) in [5.74, 6) is 0.342. The molecule has 4 aromatic rings. The molecule has 0 radical (unpaired) electrons. The van der Waals surface area contributed by atoms with Crippen LogP contribution in [-0.2, 0) is 4.74 Å². The molecular weight excluding hydrogens is 483 g/mol. The van der Waals surface area contributed by atoms with Gasteiger partial charge >= 0.3 is 6.03 Å². The minimum Gasteiger partial charge on any atom is -0.371 e. The van der Waals surface area contributed by atoms with Gasteiger partial charge in [-0.2, -0.15) is 15.3 Å². The number of halogens is 2. The molecule has 2 N–H and O–H groups in total. The molecule has 14 heteroatoms. The Hall–Kier alpha value is -3.32. The molecule has 1 atom stereocenters. The van der Waals surface area contributed by atoms with Gasteiger partial charge in [0.25, 0.3) is 0 Å². The molecule has 0 bridgehead atoms. The molecule has 34 heavy (non-hydrogen) atoms. The van der Waals surface area contributed by atoms with E-state index in [1.807, 2.05) is 25.9 Å². The molecule has 178 valence electrons. The first-order valence-corrected chi connectivity index (χ1v) is 11.0. The van der Waals surface area contributed by atoms with Crippen molar-refractivity contribution >= 4 is 46.3 Å². The van der Waals surface area contributed by atoms with Crippen molar-refractivity contribution in [2.75, 3.05) is 37.9 Å². The summed E-state index contributed by atoms with van der Waals surface area (Å²) in [7, 11) is 3.92. The van der Waals surface area contributed by atoms with Gasteiger partial charge in [-0.3, -0.25) is 0 Å². The summed E-state index contributed by atoms with van der Waals surface area (Å²) < 4.78 is 7.53. The van der Waals surface area contributed by atoms with Gasteiger partial charge in [-0.1, -0.05) is 23.2 Å². The summed E-state index contributed by atoms with van der Waals surface area (Å²) in [5.41, 5.74) is 1.93. The van der Waals surface area contributed by atoms with Crippen LogP contribution in [0.3, 0.4) is 0 Å². The fourth-order valence-corrected chi connectivity index (χ4v) is 3.57. The van der Waals surface area contributed by atoms with Crippen LogP contribution in [0, 0.1) is 0 Å². The summed E-state index contributed by atoms with van der Waals surface area (Å²) >= 11 is 12.4. The maximum absolute atomic E-state index is 12.8. The molecule has 0 spiro atoms. The largest absolute Gasteiger partial charge is 0.371 e. The maximum Gasteiger partial charge on any atom is 0.323 e. The molecule has 0 fully saturated rings. The molecule has 0 unspecified atom stereocenters. The molecule has 4 rings (SSSR count). The Morgan fingerprint density at radius 3 is 2.62 bits per heavy atom. The van der Waals surface area contributed by atoms with Gasteiger partial charge in [0.2, 0.25) is 0 Å². The van der Waals surface area contributed by atoms with Crippen LogP contribution in [-0.4, -0.2) is 72.8 Å². The zero-order valence-electron chi connectivity index (χ0n) is 18.6. The Morgan fingerprint density at radius 2 is 1.91 bits per heavy atom. The van der Waals surface area contributed by atoms with Crippen LogP contribution < -0.4 is 10.6 Å². The number of likely N-dealkylation sites (N-methyl/N-ethyl adjacent to an activating group) is 1. The van der Waals surface area contributed by atoms with Crippen LogP contribution in [0.4, 0.5) is 16.2 Å². The lowest BCUT2D eigenvalue weighted by Gasteiger charge is -2.20. The Balaban J connectivity index is 1.54. The zero-order chi connectivity index (χ0) is 24.2. The van der Waals surface area contributed by atoms with E-state index in [4.69, 9.17) is 27.9 Å². The van der Waals surface area contributed by atoms with Crippen LogP contribution in [0.2, 0.25) is 10.2 Å². The van der Waals surface area contributed by atoms with E-state index in [-0.39, 0.29) is 10.2 Å². The van der Waals surface area contributed by atoms with Crippen molar-refractivity contribution < 1.29 is 9.53 Å². The highest BCUT2D eigenvalue weighted by Crippen LogP contribution is 2.27. The van der Waals surface area contributed by atoms with E-state index < -0.39 is 12.1 Å². The van der Waals surface area contributed by atoms with E-state index in [2.05, 4.69) is 35.9 Å². The molecule has 0 aliphatic heterocycles. The highest BCUT2D eigenvalue weighted by molar-refractivity contribution is 6.32. The second-order valence-electron chi connectivity index (χ2n) is 7.54. The fraction of sp³-hybridized carbons (Fsp3) is 0.300. The number of amides is 2. The minimum absolute atomic E-state index is 0.270. The van der Waals surface area contributed by atoms with Gasteiger partial charge in [0.1, 0.15) is 0 Å². The average Bonchev–Trinajstić information content (AvgIpc) is 3.42. The van der Waals surface area contributed by atoms with Gasteiger partial charge in [0, 0.05) is 12.6 Å². The van der Waals surface area contributed by atoms with E-state index in [1.54, 1.807) is 16.6 Å². The van der Waals surface area contributed by atoms with Crippen molar-refractivity contribution in [3.05, 3.63) is 52.8 Å². The normalized spacial score (nSPS) is 12.3. The summed E-state index contributed by atoms with van der Waals surface area (Å²) in [6.07, 6.45) is 5.60. The maximum atomic E-state index is 12.8. The molecule has 4 aromatic heterocycles. The smallest absolute Gasteiger partial charge is 0.323 e. The third-order valence-electron chi connectivity index (χ3n) is 4.72. The Labute approximate surface area is 204 Å². The number of nitrogens with zero attached hydrogens (tertiary/aromatic N) is 8. The molecule has 2 amide bonds. The fourth-order valence-electron chi connectivity index (χ4n) is 3.16. The molecule has 0 aliphatic carbocycles. The highest BCUT2D eigenvalue weighted by atomic mass is 35.5. The number of anilines is 2. The predicted molar refractivity (Wildman–Crippen MR) is 128 cm³/mol. The number of pyridine rings is 1. The third-order valence-corrected chi connectivity index (χ3v) is 5.18. The number of carbonyl (C=O) groups is 1. The summed E-state index contributed by atoms with van der Waals surface area (Å²) in [6, 6.07) is 2.66. The number of nitrogens with one attached hydrogen (secondary N) is 2. The van der Waals surface area contributed by atoms with Crippen LogP contribution in [0.25, 0.3) is 11.5 Å². The number of hydrogen-bond donors (Lipinski definition) is 2. The second-order valence-corrected chi connectivity index (χ2v) is 8.33. The van der Waals surface area contributed by atoms with E-state index in [0.717, 1.165) is 6.54 Å². The number of aromatic nitrogens is 7. The molecule has 4 heterocycles. The van der Waals surface area contributed by atoms with Gasteiger partial charge in [-0.15, -0.1) is 4.80 Å². The number of urea groups is 1. The van der Waals surface area contributed by atoms with E-state index in [9.17, 15) is 4.79 Å². The SMILES string of the molecule is C[C@H](OCCN(C)C)c1c(NC(=O)Nc2cnc(-n3nccn3)c(Cl)c2)cnc2cc(Cl)nn12. The first kappa shape index (κ1) is 23.8. The van der Waals surface area contributed by atoms with Crippen molar-refractivity contribution in [2.45, 2.75) is 13.0 Å². The predicted octanol–water partition coefficient (Wildman–Crippen LogP) is 3.30. The van der Waals surface area contributed by atoms with Crippen LogP contribution in [0.1, 0.15) is 18.7 Å². The van der Waals surface area contributed by atoms with Crippen molar-refractivity contribution in [3.63, 3.8) is 0 Å². The number of fused-ring (bicyclic) bond motifs is 1. The Bertz CT molecular complexity index is 1290. The zero-order valence-corrected chi connectivity index (χ0v) is 20.1.